The minimum absolute atomic E-state index is 0.0606. The summed E-state index contributed by atoms with van der Waals surface area (Å²) in [5, 5.41) is 27.1. The highest BCUT2D eigenvalue weighted by atomic mass is 32.2. The number of nitrogens with zero attached hydrogens (tertiary/aromatic N) is 3. The van der Waals surface area contributed by atoms with Crippen molar-refractivity contribution in [3.8, 4) is 5.88 Å². The minimum atomic E-state index is -1.30. The highest BCUT2D eigenvalue weighted by Crippen LogP contribution is 2.35. The molecule has 3 heterocycles. The molecular formula is C24H25N5O6S. The Bertz CT molecular complexity index is 1310. The molecule has 4 N–H and O–H groups in total. The van der Waals surface area contributed by atoms with Gasteiger partial charge in [0.1, 0.15) is 6.10 Å². The molecule has 2 aromatic carbocycles. The van der Waals surface area contributed by atoms with Crippen molar-refractivity contribution in [3.63, 3.8) is 0 Å². The Morgan fingerprint density at radius 2 is 2.17 bits per heavy atom. The number of anilines is 2. The molecule has 11 nitrogen and oxygen atoms in total. The number of hydrogen-bond acceptors (Lipinski definition) is 10. The van der Waals surface area contributed by atoms with Gasteiger partial charge in [0.15, 0.2) is 6.10 Å². The number of aromatic nitrogens is 2. The zero-order valence-electron chi connectivity index (χ0n) is 19.4. The maximum atomic E-state index is 12.5. The average molecular weight is 512 g/mol. The van der Waals surface area contributed by atoms with E-state index in [4.69, 9.17) is 9.47 Å². The van der Waals surface area contributed by atoms with Crippen LogP contribution >= 0.6 is 11.8 Å². The summed E-state index contributed by atoms with van der Waals surface area (Å²) in [7, 11) is 1.52. The van der Waals surface area contributed by atoms with Crippen LogP contribution < -0.4 is 20.3 Å². The molecule has 12 heteroatoms. The van der Waals surface area contributed by atoms with Crippen LogP contribution in [-0.4, -0.2) is 76.4 Å². The Labute approximate surface area is 210 Å². The number of para-hydroxylation sites is 1. The van der Waals surface area contributed by atoms with Gasteiger partial charge >= 0.3 is 6.09 Å². The number of rotatable bonds is 8. The first kappa shape index (κ1) is 24.3. The van der Waals surface area contributed by atoms with Crippen molar-refractivity contribution in [2.75, 3.05) is 36.2 Å². The second kappa shape index (κ2) is 10.3. The van der Waals surface area contributed by atoms with Gasteiger partial charge in [-0.15, -0.1) is 11.8 Å². The first-order chi connectivity index (χ1) is 17.4. The Kier molecular flexibility index (Phi) is 6.92. The molecule has 1 fully saturated rings. The van der Waals surface area contributed by atoms with Gasteiger partial charge in [-0.1, -0.05) is 12.1 Å². The number of ether oxygens (including phenoxy) is 2. The summed E-state index contributed by atoms with van der Waals surface area (Å²) < 4.78 is 10.5. The molecule has 1 unspecified atom stereocenters. The van der Waals surface area contributed by atoms with E-state index in [1.807, 2.05) is 24.3 Å². The number of thioether (sulfide) groups is 1. The number of aliphatic hydroxyl groups excluding tert-OH is 2. The molecule has 2 aliphatic heterocycles. The molecule has 3 aromatic rings. The van der Waals surface area contributed by atoms with Crippen molar-refractivity contribution < 1.29 is 29.3 Å². The summed E-state index contributed by atoms with van der Waals surface area (Å²) in [4.78, 5) is 35.3. The number of methoxy groups -OCH3 is 1. The average Bonchev–Trinajstić information content (AvgIpc) is 3.28. The number of carbonyl (C=O) groups excluding carboxylic acids is 2. The first-order valence-electron chi connectivity index (χ1n) is 11.3. The second-order valence-electron chi connectivity index (χ2n) is 8.44. The summed E-state index contributed by atoms with van der Waals surface area (Å²) in [6.45, 7) is 0.499. The third kappa shape index (κ3) is 4.93. The van der Waals surface area contributed by atoms with Gasteiger partial charge in [0.25, 0.3) is 0 Å². The lowest BCUT2D eigenvalue weighted by Crippen LogP contribution is -2.44. The van der Waals surface area contributed by atoms with Crippen molar-refractivity contribution in [3.05, 3.63) is 48.2 Å². The van der Waals surface area contributed by atoms with Crippen LogP contribution in [0.25, 0.3) is 11.0 Å². The molecule has 36 heavy (non-hydrogen) atoms. The molecule has 0 bridgehead atoms. The zero-order valence-corrected chi connectivity index (χ0v) is 20.2. The van der Waals surface area contributed by atoms with E-state index in [1.54, 1.807) is 18.3 Å². The lowest BCUT2D eigenvalue weighted by atomic mass is 10.1. The van der Waals surface area contributed by atoms with Crippen molar-refractivity contribution >= 4 is 46.2 Å². The zero-order chi connectivity index (χ0) is 25.2. The number of cyclic esters (lactones) is 1. The number of hydrogen-bond donors (Lipinski definition) is 4. The molecule has 188 valence electrons. The molecular weight excluding hydrogens is 486 g/mol. The van der Waals surface area contributed by atoms with E-state index in [2.05, 4.69) is 20.6 Å². The van der Waals surface area contributed by atoms with Gasteiger partial charge in [-0.05, 0) is 29.8 Å². The molecule has 3 atom stereocenters. The summed E-state index contributed by atoms with van der Waals surface area (Å²) >= 11 is 1.43. The molecule has 0 saturated carbocycles. The molecule has 2 aliphatic rings. The number of carbonyl (C=O) groups is 2. The van der Waals surface area contributed by atoms with Crippen molar-refractivity contribution in [2.24, 2.45) is 0 Å². The third-order valence-corrected chi connectivity index (χ3v) is 7.10. The van der Waals surface area contributed by atoms with Crippen molar-refractivity contribution in [1.82, 2.24) is 15.3 Å². The van der Waals surface area contributed by atoms with Crippen LogP contribution in [0.5, 0.6) is 5.88 Å². The van der Waals surface area contributed by atoms with E-state index in [0.29, 0.717) is 40.6 Å². The van der Waals surface area contributed by atoms with Crippen LogP contribution in [0.1, 0.15) is 5.56 Å². The van der Waals surface area contributed by atoms with Gasteiger partial charge in [-0.3, -0.25) is 9.69 Å². The standard InChI is InChI=1S/C24H25N5O6S/c1-34-21-10-26-15-4-2-3-13(22(15)28-21)8-25-9-17(30)23(32)18-11-29(24(33)35-18)14-5-6-19-16(7-14)27-20(31)12-36-19/h2-7,10,17-18,23,25,30,32H,8-9,11-12H2,1H3,(H,27,31)/t17-,18-,23?/m1/s1. The number of nitrogens with one attached hydrogen (secondary N) is 2. The van der Waals surface area contributed by atoms with Gasteiger partial charge in [0.05, 0.1) is 48.4 Å². The fourth-order valence-electron chi connectivity index (χ4n) is 4.15. The van der Waals surface area contributed by atoms with Crippen molar-refractivity contribution in [2.45, 2.75) is 29.8 Å². The number of fused-ring (bicyclic) bond motifs is 2. The number of amides is 2. The topological polar surface area (TPSA) is 146 Å². The highest BCUT2D eigenvalue weighted by molar-refractivity contribution is 8.00. The quantitative estimate of drug-likeness (QED) is 0.351. The number of benzene rings is 2. The van der Waals surface area contributed by atoms with Crippen LogP contribution in [0, 0.1) is 0 Å². The fraction of sp³-hybridized carbons (Fsp3) is 0.333. The second-order valence-corrected chi connectivity index (χ2v) is 9.45. The predicted molar refractivity (Wildman–Crippen MR) is 133 cm³/mol. The van der Waals surface area contributed by atoms with Crippen LogP contribution in [-0.2, 0) is 16.1 Å². The Balaban J connectivity index is 1.19. The number of aliphatic hydroxyl groups is 2. The molecule has 1 saturated heterocycles. The normalized spacial score (nSPS) is 19.0. The van der Waals surface area contributed by atoms with Crippen molar-refractivity contribution in [1.29, 1.82) is 0 Å². The summed E-state index contributed by atoms with van der Waals surface area (Å²) in [6.07, 6.45) is -2.48. The minimum Gasteiger partial charge on any atom is -0.480 e. The summed E-state index contributed by atoms with van der Waals surface area (Å²) in [5.74, 6) is 0.644. The highest BCUT2D eigenvalue weighted by Gasteiger charge is 2.39. The van der Waals surface area contributed by atoms with E-state index in [0.717, 1.165) is 10.5 Å². The maximum absolute atomic E-state index is 12.5. The molecule has 0 radical (unpaired) electrons. The van der Waals surface area contributed by atoms with Crippen LogP contribution in [0.2, 0.25) is 0 Å². The lowest BCUT2D eigenvalue weighted by molar-refractivity contribution is -0.113. The smallest absolute Gasteiger partial charge is 0.414 e. The fourth-order valence-corrected chi connectivity index (χ4v) is 4.94. The van der Waals surface area contributed by atoms with Gasteiger partial charge < -0.3 is 30.3 Å². The van der Waals surface area contributed by atoms with Crippen LogP contribution in [0.3, 0.4) is 0 Å². The molecule has 5 rings (SSSR count). The monoisotopic (exact) mass is 511 g/mol. The molecule has 1 aromatic heterocycles. The van der Waals surface area contributed by atoms with Gasteiger partial charge in [-0.25, -0.2) is 14.8 Å². The summed E-state index contributed by atoms with van der Waals surface area (Å²) in [5.41, 5.74) is 3.42. The van der Waals surface area contributed by atoms with E-state index >= 15 is 0 Å². The van der Waals surface area contributed by atoms with E-state index in [1.165, 1.54) is 23.8 Å². The molecule has 2 amide bonds. The first-order valence-corrected chi connectivity index (χ1v) is 12.3. The largest absolute Gasteiger partial charge is 0.480 e. The van der Waals surface area contributed by atoms with E-state index < -0.39 is 24.4 Å². The van der Waals surface area contributed by atoms with Gasteiger partial charge in [-0.2, -0.15) is 0 Å². The molecule has 0 spiro atoms. The molecule has 0 aliphatic carbocycles. The predicted octanol–water partition coefficient (Wildman–Crippen LogP) is 1.52. The Morgan fingerprint density at radius 3 is 3.00 bits per heavy atom. The Hall–Kier alpha value is -3.45. The SMILES string of the molecule is COc1cnc2cccc(CNC[C@@H](O)C(O)[C@H]3CN(c4ccc5c(c4)NC(=O)CS5)C(=O)O3)c2n1. The third-order valence-electron chi connectivity index (χ3n) is 6.03. The Morgan fingerprint density at radius 1 is 1.31 bits per heavy atom. The van der Waals surface area contributed by atoms with Gasteiger partial charge in [0.2, 0.25) is 11.8 Å². The lowest BCUT2D eigenvalue weighted by Gasteiger charge is -2.23. The van der Waals surface area contributed by atoms with E-state index in [-0.39, 0.29) is 19.0 Å². The van der Waals surface area contributed by atoms with Crippen LogP contribution in [0.15, 0.2) is 47.5 Å². The van der Waals surface area contributed by atoms with Crippen LogP contribution in [0.4, 0.5) is 16.2 Å². The maximum Gasteiger partial charge on any atom is 0.414 e. The van der Waals surface area contributed by atoms with E-state index in [9.17, 15) is 19.8 Å². The summed E-state index contributed by atoms with van der Waals surface area (Å²) in [6, 6.07) is 10.9. The van der Waals surface area contributed by atoms with Gasteiger partial charge in [0, 0.05) is 23.7 Å².